The average Bonchev–Trinajstić information content (AvgIpc) is 3.04. The van der Waals surface area contributed by atoms with Crippen LogP contribution in [0.3, 0.4) is 0 Å². The van der Waals surface area contributed by atoms with Gasteiger partial charge < -0.3 is 16.0 Å². The smallest absolute Gasteiger partial charge is 0.355 e. The molecule has 0 radical (unpaired) electrons. The van der Waals surface area contributed by atoms with Crippen molar-refractivity contribution in [3.05, 3.63) is 63.6 Å². The van der Waals surface area contributed by atoms with Gasteiger partial charge in [-0.05, 0) is 40.2 Å². The molecule has 2 aromatic heterocycles. The van der Waals surface area contributed by atoms with E-state index in [1.165, 1.54) is 24.0 Å². The lowest BCUT2D eigenvalue weighted by atomic mass is 10.1. The van der Waals surface area contributed by atoms with E-state index in [0.29, 0.717) is 22.4 Å². The Kier molecular flexibility index (Phi) is 6.48. The van der Waals surface area contributed by atoms with Crippen molar-refractivity contribution in [2.24, 2.45) is 7.05 Å². The van der Waals surface area contributed by atoms with E-state index in [9.17, 15) is 27.2 Å². The van der Waals surface area contributed by atoms with E-state index in [0.717, 1.165) is 0 Å². The number of pyridine rings is 1. The summed E-state index contributed by atoms with van der Waals surface area (Å²) in [6.45, 7) is 0. The quantitative estimate of drug-likeness (QED) is 0.445. The van der Waals surface area contributed by atoms with Crippen LogP contribution in [0.25, 0.3) is 0 Å². The number of aromatic nitrogens is 3. The van der Waals surface area contributed by atoms with Gasteiger partial charge in [0.2, 0.25) is 0 Å². The minimum Gasteiger partial charge on any atom is -0.355 e. The maximum atomic E-state index is 13.7. The highest BCUT2D eigenvalue weighted by Gasteiger charge is 2.32. The van der Waals surface area contributed by atoms with Gasteiger partial charge in [0, 0.05) is 32.1 Å². The molecule has 3 N–H and O–H groups in total. The Morgan fingerprint density at radius 2 is 1.78 bits per heavy atom. The fourth-order valence-corrected chi connectivity index (χ4v) is 3.14. The molecule has 3 aromatic rings. The predicted octanol–water partition coefficient (Wildman–Crippen LogP) is 4.09. The maximum absolute atomic E-state index is 13.7. The van der Waals surface area contributed by atoms with Crippen molar-refractivity contribution >= 4 is 45.1 Å². The van der Waals surface area contributed by atoms with Crippen molar-refractivity contribution in [2.75, 3.05) is 17.7 Å². The molecule has 0 aliphatic heterocycles. The number of carbonyl (C=O) groups excluding carboxylic acids is 2. The van der Waals surface area contributed by atoms with Gasteiger partial charge in [-0.25, -0.2) is 9.37 Å². The van der Waals surface area contributed by atoms with Crippen LogP contribution >= 0.6 is 15.9 Å². The summed E-state index contributed by atoms with van der Waals surface area (Å²) in [5, 5.41) is 11.8. The van der Waals surface area contributed by atoms with Crippen molar-refractivity contribution in [3.63, 3.8) is 0 Å². The lowest BCUT2D eigenvalue weighted by Gasteiger charge is -2.14. The summed E-state index contributed by atoms with van der Waals surface area (Å²) in [5.74, 6) is -2.39. The molecule has 0 aliphatic carbocycles. The van der Waals surface area contributed by atoms with Gasteiger partial charge in [0.1, 0.15) is 5.82 Å². The molecule has 0 saturated heterocycles. The van der Waals surface area contributed by atoms with Crippen molar-refractivity contribution in [1.82, 2.24) is 20.1 Å². The van der Waals surface area contributed by atoms with Gasteiger partial charge in [-0.15, -0.1) is 0 Å². The third kappa shape index (κ3) is 5.22. The van der Waals surface area contributed by atoms with Gasteiger partial charge in [-0.1, -0.05) is 0 Å². The molecule has 0 atom stereocenters. The zero-order chi connectivity index (χ0) is 23.6. The van der Waals surface area contributed by atoms with Crippen molar-refractivity contribution in [2.45, 2.75) is 6.18 Å². The van der Waals surface area contributed by atoms with E-state index in [1.54, 1.807) is 13.2 Å². The Balaban J connectivity index is 1.99. The summed E-state index contributed by atoms with van der Waals surface area (Å²) in [6, 6.07) is 2.75. The zero-order valence-electron chi connectivity index (χ0n) is 16.5. The maximum Gasteiger partial charge on any atom is 0.416 e. The Morgan fingerprint density at radius 1 is 1.06 bits per heavy atom. The molecule has 3 rings (SSSR count). The summed E-state index contributed by atoms with van der Waals surface area (Å²) >= 11 is 3.30. The van der Waals surface area contributed by atoms with Crippen LogP contribution in [0.2, 0.25) is 0 Å². The zero-order valence-corrected chi connectivity index (χ0v) is 18.1. The molecule has 13 heteroatoms. The van der Waals surface area contributed by atoms with Gasteiger partial charge in [0.05, 0.1) is 21.3 Å². The molecule has 168 valence electrons. The third-order valence-electron chi connectivity index (χ3n) is 4.13. The van der Waals surface area contributed by atoms with Gasteiger partial charge in [-0.2, -0.15) is 18.3 Å². The molecule has 32 heavy (non-hydrogen) atoms. The van der Waals surface area contributed by atoms with Crippen LogP contribution in [0, 0.1) is 5.82 Å². The number of benzene rings is 1. The molecule has 8 nitrogen and oxygen atoms in total. The topological polar surface area (TPSA) is 101 Å². The van der Waals surface area contributed by atoms with Gasteiger partial charge in [-0.3, -0.25) is 14.3 Å². The van der Waals surface area contributed by atoms with Crippen LogP contribution < -0.4 is 16.0 Å². The van der Waals surface area contributed by atoms with Gasteiger partial charge in [0.25, 0.3) is 11.8 Å². The summed E-state index contributed by atoms with van der Waals surface area (Å²) in [5.41, 5.74) is -1.83. The summed E-state index contributed by atoms with van der Waals surface area (Å²) in [7, 11) is 3.06. The monoisotopic (exact) mass is 514 g/mol. The normalized spacial score (nSPS) is 11.2. The number of carbonyl (C=O) groups is 2. The average molecular weight is 515 g/mol. The summed E-state index contributed by atoms with van der Waals surface area (Å²) in [6.07, 6.45) is -1.96. The summed E-state index contributed by atoms with van der Waals surface area (Å²) < 4.78 is 54.7. The minimum absolute atomic E-state index is 0.0357. The highest BCUT2D eigenvalue weighted by molar-refractivity contribution is 9.10. The molecule has 0 aliphatic rings. The number of hydrogen-bond acceptors (Lipinski definition) is 5. The number of anilines is 3. The van der Waals surface area contributed by atoms with Crippen molar-refractivity contribution in [3.8, 4) is 0 Å². The fraction of sp³-hybridized carbons (Fsp3) is 0.158. The first-order valence-electron chi connectivity index (χ1n) is 8.85. The lowest BCUT2D eigenvalue weighted by molar-refractivity contribution is -0.137. The van der Waals surface area contributed by atoms with Crippen molar-refractivity contribution < 1.29 is 27.2 Å². The Morgan fingerprint density at radius 3 is 2.38 bits per heavy atom. The van der Waals surface area contributed by atoms with E-state index >= 15 is 0 Å². The number of alkyl halides is 3. The molecule has 0 spiro atoms. The van der Waals surface area contributed by atoms with E-state index in [2.05, 4.69) is 42.0 Å². The second kappa shape index (κ2) is 8.94. The number of amides is 2. The van der Waals surface area contributed by atoms with Crippen LogP contribution in [0.4, 0.5) is 34.9 Å². The molecule has 0 saturated carbocycles. The molecule has 2 amide bonds. The number of aryl methyl sites for hydroxylation is 1. The van der Waals surface area contributed by atoms with Gasteiger partial charge in [0.15, 0.2) is 11.6 Å². The number of nitrogens with zero attached hydrogens (tertiary/aromatic N) is 3. The first kappa shape index (κ1) is 23.2. The molecule has 0 unspecified atom stereocenters. The van der Waals surface area contributed by atoms with Crippen LogP contribution in [-0.2, 0) is 13.2 Å². The Labute approximate surface area is 187 Å². The first-order valence-corrected chi connectivity index (χ1v) is 9.64. The Bertz CT molecular complexity index is 1200. The molecular formula is C19H15BrF4N6O2. The molecule has 2 heterocycles. The van der Waals surface area contributed by atoms with Crippen LogP contribution in [0.15, 0.2) is 41.1 Å². The molecule has 0 bridgehead atoms. The van der Waals surface area contributed by atoms with Crippen LogP contribution in [0.5, 0.6) is 0 Å². The number of nitrogens with one attached hydrogen (secondary N) is 3. The highest BCUT2D eigenvalue weighted by atomic mass is 79.9. The second-order valence-electron chi connectivity index (χ2n) is 6.50. The number of halogens is 5. The van der Waals surface area contributed by atoms with Gasteiger partial charge >= 0.3 is 6.18 Å². The second-order valence-corrected chi connectivity index (χ2v) is 7.36. The van der Waals surface area contributed by atoms with Crippen LogP contribution in [-0.4, -0.2) is 33.6 Å². The fourth-order valence-electron chi connectivity index (χ4n) is 2.66. The standard InChI is InChI=1S/C19H15BrF4N6O2/c1-25-17(31)10-5-14(16(26-7-10)28-15-13(20)8-30(2)29-15)27-18(32)9-3-11(19(22,23)24)6-12(21)4-9/h3-8H,1-2H3,(H,25,31)(H,27,32)(H,26,28,29). The molecule has 1 aromatic carbocycles. The largest absolute Gasteiger partial charge is 0.416 e. The lowest BCUT2D eigenvalue weighted by Crippen LogP contribution is -2.20. The predicted molar refractivity (Wildman–Crippen MR) is 111 cm³/mol. The number of hydrogen-bond donors (Lipinski definition) is 3. The SMILES string of the molecule is CNC(=O)c1cnc(Nc2nn(C)cc2Br)c(NC(=O)c2cc(F)cc(C(F)(F)F)c2)c1. The summed E-state index contributed by atoms with van der Waals surface area (Å²) in [4.78, 5) is 28.7. The highest BCUT2D eigenvalue weighted by Crippen LogP contribution is 2.31. The van der Waals surface area contributed by atoms with E-state index in [1.807, 2.05) is 0 Å². The minimum atomic E-state index is -4.84. The van der Waals surface area contributed by atoms with E-state index in [4.69, 9.17) is 0 Å². The third-order valence-corrected chi connectivity index (χ3v) is 4.71. The molecular weight excluding hydrogens is 500 g/mol. The van der Waals surface area contributed by atoms with Crippen molar-refractivity contribution in [1.29, 1.82) is 0 Å². The van der Waals surface area contributed by atoms with Crippen LogP contribution in [0.1, 0.15) is 26.3 Å². The Hall–Kier alpha value is -3.48. The van der Waals surface area contributed by atoms with E-state index < -0.39 is 34.9 Å². The molecule has 0 fully saturated rings. The first-order chi connectivity index (χ1) is 15.0. The van der Waals surface area contributed by atoms with E-state index in [-0.39, 0.29) is 23.1 Å². The number of rotatable bonds is 5.